The van der Waals surface area contributed by atoms with Crippen LogP contribution in [-0.2, 0) is 9.53 Å². The van der Waals surface area contributed by atoms with Crippen LogP contribution in [0.5, 0.6) is 0 Å². The molecule has 1 aliphatic heterocycles. The average Bonchev–Trinajstić information content (AvgIpc) is 2.74. The quantitative estimate of drug-likeness (QED) is 0.612. The lowest BCUT2D eigenvalue weighted by Crippen LogP contribution is -2.36. The summed E-state index contributed by atoms with van der Waals surface area (Å²) in [5, 5.41) is 9.21. The number of carbonyl (C=O) groups excluding carboxylic acids is 1. The Kier molecular flexibility index (Phi) is 1.57. The number of nitriles is 1. The van der Waals surface area contributed by atoms with E-state index in [0.717, 1.165) is 12.8 Å². The predicted molar refractivity (Wildman–Crippen MR) is 52.5 cm³/mol. The highest BCUT2D eigenvalue weighted by Gasteiger charge is 2.71. The molecule has 0 amide bonds. The summed E-state index contributed by atoms with van der Waals surface area (Å²) in [4.78, 5) is 11.8. The first-order valence-electron chi connectivity index (χ1n) is 5.72. The second kappa shape index (κ2) is 2.55. The third kappa shape index (κ3) is 0.844. The maximum absolute atomic E-state index is 11.8. The fraction of sp³-hybridized carbons (Fsp3) is 0.833. The van der Waals surface area contributed by atoms with Crippen LogP contribution in [0.15, 0.2) is 0 Å². The van der Waals surface area contributed by atoms with E-state index in [2.05, 4.69) is 19.9 Å². The second-order valence-electron chi connectivity index (χ2n) is 5.58. The van der Waals surface area contributed by atoms with E-state index in [1.54, 1.807) is 0 Å². The molecule has 5 atom stereocenters. The Morgan fingerprint density at radius 1 is 1.60 bits per heavy atom. The van der Waals surface area contributed by atoms with Gasteiger partial charge in [-0.05, 0) is 24.7 Å². The van der Waals surface area contributed by atoms with Crippen LogP contribution in [0.2, 0.25) is 0 Å². The summed E-state index contributed by atoms with van der Waals surface area (Å²) in [7, 11) is 0. The van der Waals surface area contributed by atoms with Crippen LogP contribution in [-0.4, -0.2) is 12.1 Å². The lowest BCUT2D eigenvalue weighted by atomic mass is 9.69. The monoisotopic (exact) mass is 205 g/mol. The molecule has 1 heterocycles. The normalized spacial score (nSPS) is 50.9. The minimum atomic E-state index is -0.763. The first-order valence-corrected chi connectivity index (χ1v) is 5.72. The van der Waals surface area contributed by atoms with Gasteiger partial charge in [0.25, 0.3) is 0 Å². The molecule has 1 saturated heterocycles. The van der Waals surface area contributed by atoms with E-state index in [4.69, 9.17) is 4.74 Å². The Morgan fingerprint density at radius 3 is 2.93 bits per heavy atom. The Morgan fingerprint density at radius 2 is 2.33 bits per heavy atom. The number of hydrogen-bond acceptors (Lipinski definition) is 3. The number of hydrogen-bond donors (Lipinski definition) is 0. The molecular formula is C12H15NO2. The zero-order chi connectivity index (χ0) is 10.8. The minimum absolute atomic E-state index is 0.0379. The van der Waals surface area contributed by atoms with E-state index < -0.39 is 5.41 Å². The lowest BCUT2D eigenvalue weighted by Gasteiger charge is -2.30. The maximum Gasteiger partial charge on any atom is 0.327 e. The Hall–Kier alpha value is -1.04. The van der Waals surface area contributed by atoms with Gasteiger partial charge in [-0.25, -0.2) is 0 Å². The molecule has 0 spiro atoms. The molecule has 15 heavy (non-hydrogen) atoms. The van der Waals surface area contributed by atoms with Crippen molar-refractivity contribution in [3.8, 4) is 6.07 Å². The number of carbonyl (C=O) groups is 1. The van der Waals surface area contributed by atoms with Crippen LogP contribution in [0.25, 0.3) is 0 Å². The van der Waals surface area contributed by atoms with Gasteiger partial charge in [-0.3, -0.25) is 4.79 Å². The van der Waals surface area contributed by atoms with E-state index in [1.807, 2.05) is 0 Å². The first-order chi connectivity index (χ1) is 7.10. The van der Waals surface area contributed by atoms with Crippen molar-refractivity contribution in [3.63, 3.8) is 0 Å². The van der Waals surface area contributed by atoms with E-state index >= 15 is 0 Å². The number of esters is 1. The van der Waals surface area contributed by atoms with Gasteiger partial charge in [0.05, 0.1) is 6.07 Å². The SMILES string of the molecule is CC(C)C1C2CC3C1OC(=O)C3(C#N)C2. The zero-order valence-corrected chi connectivity index (χ0v) is 9.06. The van der Waals surface area contributed by atoms with Gasteiger partial charge in [0, 0.05) is 11.8 Å². The highest BCUT2D eigenvalue weighted by atomic mass is 16.6. The van der Waals surface area contributed by atoms with Gasteiger partial charge in [0.1, 0.15) is 6.10 Å². The van der Waals surface area contributed by atoms with Crippen LogP contribution in [0.4, 0.5) is 0 Å². The van der Waals surface area contributed by atoms with E-state index in [0.29, 0.717) is 17.8 Å². The van der Waals surface area contributed by atoms with Crippen LogP contribution in [0, 0.1) is 40.4 Å². The van der Waals surface area contributed by atoms with Gasteiger partial charge in [-0.2, -0.15) is 5.26 Å². The molecule has 0 aromatic carbocycles. The molecule has 0 N–H and O–H groups in total. The number of fused-ring (bicyclic) bond motifs is 1. The number of rotatable bonds is 1. The van der Waals surface area contributed by atoms with Crippen LogP contribution in [0.3, 0.4) is 0 Å². The van der Waals surface area contributed by atoms with E-state index in [-0.39, 0.29) is 18.0 Å². The molecule has 3 nitrogen and oxygen atoms in total. The smallest absolute Gasteiger partial charge is 0.327 e. The van der Waals surface area contributed by atoms with Crippen molar-refractivity contribution in [1.29, 1.82) is 5.26 Å². The molecule has 5 unspecified atom stereocenters. The number of ether oxygens (including phenoxy) is 1. The summed E-state index contributed by atoms with van der Waals surface area (Å²) >= 11 is 0. The van der Waals surface area contributed by atoms with Gasteiger partial charge in [-0.1, -0.05) is 13.8 Å². The molecule has 3 heteroatoms. The summed E-state index contributed by atoms with van der Waals surface area (Å²) in [5.41, 5.74) is -0.763. The molecule has 0 aromatic heterocycles. The molecule has 2 saturated carbocycles. The molecule has 80 valence electrons. The van der Waals surface area contributed by atoms with Gasteiger partial charge >= 0.3 is 5.97 Å². The fourth-order valence-corrected chi connectivity index (χ4v) is 4.14. The van der Waals surface area contributed by atoms with Gasteiger partial charge in [-0.15, -0.1) is 0 Å². The zero-order valence-electron chi connectivity index (χ0n) is 9.06. The summed E-state index contributed by atoms with van der Waals surface area (Å²) in [6.07, 6.45) is 1.80. The largest absolute Gasteiger partial charge is 0.460 e. The predicted octanol–water partition coefficient (Wildman–Crippen LogP) is 1.73. The van der Waals surface area contributed by atoms with Crippen molar-refractivity contribution in [3.05, 3.63) is 0 Å². The molecular weight excluding hydrogens is 190 g/mol. The third-order valence-electron chi connectivity index (χ3n) is 4.67. The van der Waals surface area contributed by atoms with E-state index in [9.17, 15) is 10.1 Å². The van der Waals surface area contributed by atoms with Crippen molar-refractivity contribution in [2.75, 3.05) is 0 Å². The van der Waals surface area contributed by atoms with Gasteiger partial charge in [0.2, 0.25) is 0 Å². The molecule has 0 aromatic rings. The van der Waals surface area contributed by atoms with Crippen LogP contribution in [0.1, 0.15) is 26.7 Å². The fourth-order valence-electron chi connectivity index (χ4n) is 4.14. The number of nitrogens with zero attached hydrogens (tertiary/aromatic N) is 1. The van der Waals surface area contributed by atoms with Crippen molar-refractivity contribution < 1.29 is 9.53 Å². The summed E-state index contributed by atoms with van der Waals surface area (Å²) in [6, 6.07) is 2.23. The van der Waals surface area contributed by atoms with Crippen LogP contribution >= 0.6 is 0 Å². The maximum atomic E-state index is 11.8. The van der Waals surface area contributed by atoms with Gasteiger partial charge in [0.15, 0.2) is 5.41 Å². The summed E-state index contributed by atoms with van der Waals surface area (Å²) in [5.74, 6) is 1.51. The summed E-state index contributed by atoms with van der Waals surface area (Å²) < 4.78 is 5.45. The molecule has 2 bridgehead atoms. The topological polar surface area (TPSA) is 50.1 Å². The first kappa shape index (κ1) is 9.21. The Labute approximate surface area is 89.4 Å². The third-order valence-corrected chi connectivity index (χ3v) is 4.67. The highest BCUT2D eigenvalue weighted by molar-refractivity contribution is 5.84. The molecule has 3 aliphatic rings. The second-order valence-corrected chi connectivity index (χ2v) is 5.58. The lowest BCUT2D eigenvalue weighted by molar-refractivity contribution is -0.146. The molecule has 0 radical (unpaired) electrons. The highest BCUT2D eigenvalue weighted by Crippen LogP contribution is 2.64. The van der Waals surface area contributed by atoms with Crippen LogP contribution < -0.4 is 0 Å². The van der Waals surface area contributed by atoms with Crippen molar-refractivity contribution >= 4 is 5.97 Å². The average molecular weight is 205 g/mol. The standard InChI is InChI=1S/C12H15NO2/c1-6(2)9-7-3-8-10(9)15-11(14)12(8,4-7)5-13/h6-10H,3-4H2,1-2H3. The van der Waals surface area contributed by atoms with Crippen molar-refractivity contribution in [2.45, 2.75) is 32.8 Å². The van der Waals surface area contributed by atoms with Crippen molar-refractivity contribution in [1.82, 2.24) is 0 Å². The summed E-state index contributed by atoms with van der Waals surface area (Å²) in [6.45, 7) is 4.37. The minimum Gasteiger partial charge on any atom is -0.460 e. The van der Waals surface area contributed by atoms with Crippen molar-refractivity contribution in [2.24, 2.45) is 29.1 Å². The van der Waals surface area contributed by atoms with E-state index in [1.165, 1.54) is 0 Å². The van der Waals surface area contributed by atoms with Gasteiger partial charge < -0.3 is 4.74 Å². The Bertz CT molecular complexity index is 370. The Balaban J connectivity index is 2.03. The molecule has 2 aliphatic carbocycles. The molecule has 3 fully saturated rings. The molecule has 3 rings (SSSR count).